The molecule has 0 saturated carbocycles. The van der Waals surface area contributed by atoms with Gasteiger partial charge in [0.2, 0.25) is 0 Å². The van der Waals surface area contributed by atoms with Gasteiger partial charge in [-0.05, 0) is 37.7 Å². The normalized spacial score (nSPS) is 14.0. The number of thioether (sulfide) groups is 1. The van der Waals surface area contributed by atoms with Crippen molar-refractivity contribution in [1.82, 2.24) is 9.97 Å². The number of thiophene rings is 1. The minimum atomic E-state index is -0.200. The first-order valence-electron chi connectivity index (χ1n) is 8.02. The Balaban J connectivity index is 1.70. The fourth-order valence-electron chi connectivity index (χ4n) is 2.73. The summed E-state index contributed by atoms with van der Waals surface area (Å²) in [5.74, 6) is 0.358. The lowest BCUT2D eigenvalue weighted by molar-refractivity contribution is -0.143. The second-order valence-corrected chi connectivity index (χ2v) is 7.75. The Kier molecular flexibility index (Phi) is 5.38. The zero-order valence-electron chi connectivity index (χ0n) is 13.1. The van der Waals surface area contributed by atoms with Crippen molar-refractivity contribution in [2.24, 2.45) is 0 Å². The van der Waals surface area contributed by atoms with Crippen LogP contribution < -0.4 is 5.56 Å². The molecule has 1 aliphatic carbocycles. The molecule has 3 rings (SSSR count). The summed E-state index contributed by atoms with van der Waals surface area (Å²) in [6, 6.07) is 0. The standard InChI is InChI=1S/C16H20N2O3S2/c1-2-8-21-12(19)7-9-22-16-17-14(20)13-10-5-3-4-6-11(10)23-15(13)18-16/h2-9H2,1H3,(H,17,18,20). The third-order valence-electron chi connectivity index (χ3n) is 3.82. The third kappa shape index (κ3) is 3.77. The number of rotatable bonds is 6. The average molecular weight is 352 g/mol. The number of aryl methyl sites for hydroxylation is 2. The number of hydrogen-bond acceptors (Lipinski definition) is 6. The van der Waals surface area contributed by atoms with Crippen LogP contribution in [0.1, 0.15) is 43.0 Å². The van der Waals surface area contributed by atoms with Crippen LogP contribution >= 0.6 is 23.1 Å². The van der Waals surface area contributed by atoms with Gasteiger partial charge in [-0.2, -0.15) is 0 Å². The Morgan fingerprint density at radius 1 is 1.39 bits per heavy atom. The van der Waals surface area contributed by atoms with Crippen LogP contribution in [0, 0.1) is 0 Å². The van der Waals surface area contributed by atoms with Gasteiger partial charge >= 0.3 is 5.97 Å². The topological polar surface area (TPSA) is 72.0 Å². The summed E-state index contributed by atoms with van der Waals surface area (Å²) in [6.45, 7) is 2.43. The van der Waals surface area contributed by atoms with Crippen LogP contribution in [0.5, 0.6) is 0 Å². The lowest BCUT2D eigenvalue weighted by Crippen LogP contribution is -2.11. The second-order valence-electron chi connectivity index (χ2n) is 5.58. The molecule has 2 heterocycles. The van der Waals surface area contributed by atoms with E-state index in [1.165, 1.54) is 28.6 Å². The number of aromatic amines is 1. The molecule has 5 nitrogen and oxygen atoms in total. The summed E-state index contributed by atoms with van der Waals surface area (Å²) in [4.78, 5) is 33.4. The van der Waals surface area contributed by atoms with Gasteiger partial charge in [0.1, 0.15) is 4.83 Å². The van der Waals surface area contributed by atoms with Gasteiger partial charge in [0.05, 0.1) is 18.4 Å². The van der Waals surface area contributed by atoms with Crippen LogP contribution in [0.25, 0.3) is 10.2 Å². The van der Waals surface area contributed by atoms with Gasteiger partial charge in [0, 0.05) is 10.6 Å². The monoisotopic (exact) mass is 352 g/mol. The quantitative estimate of drug-likeness (QED) is 0.491. The average Bonchev–Trinajstić information content (AvgIpc) is 2.91. The highest BCUT2D eigenvalue weighted by Gasteiger charge is 2.19. The highest BCUT2D eigenvalue weighted by atomic mass is 32.2. The number of nitrogens with zero attached hydrogens (tertiary/aromatic N) is 1. The molecule has 0 atom stereocenters. The number of carbonyl (C=O) groups is 1. The second kappa shape index (κ2) is 7.49. The van der Waals surface area contributed by atoms with Crippen LogP contribution in [0.2, 0.25) is 0 Å². The molecular weight excluding hydrogens is 332 g/mol. The molecule has 2 aromatic heterocycles. The molecule has 0 fully saturated rings. The van der Waals surface area contributed by atoms with Crippen molar-refractivity contribution >= 4 is 39.3 Å². The first-order chi connectivity index (χ1) is 11.2. The van der Waals surface area contributed by atoms with E-state index in [0.29, 0.717) is 23.9 Å². The fourth-order valence-corrected chi connectivity index (χ4v) is 4.83. The van der Waals surface area contributed by atoms with E-state index >= 15 is 0 Å². The van der Waals surface area contributed by atoms with Gasteiger partial charge in [0.15, 0.2) is 5.16 Å². The summed E-state index contributed by atoms with van der Waals surface area (Å²) in [5.41, 5.74) is 1.15. The number of ether oxygens (including phenoxy) is 1. The van der Waals surface area contributed by atoms with Gasteiger partial charge in [-0.15, -0.1) is 11.3 Å². The Morgan fingerprint density at radius 2 is 2.22 bits per heavy atom. The zero-order valence-corrected chi connectivity index (χ0v) is 14.8. The number of carbonyl (C=O) groups excluding carboxylic acids is 1. The highest BCUT2D eigenvalue weighted by Crippen LogP contribution is 2.34. The number of hydrogen-bond donors (Lipinski definition) is 1. The van der Waals surface area contributed by atoms with Crippen molar-refractivity contribution in [2.45, 2.75) is 50.6 Å². The summed E-state index contributed by atoms with van der Waals surface area (Å²) in [6.07, 6.45) is 5.53. The minimum absolute atomic E-state index is 0.0505. The fraction of sp³-hybridized carbons (Fsp3) is 0.562. The number of nitrogens with one attached hydrogen (secondary N) is 1. The maximum Gasteiger partial charge on any atom is 0.306 e. The zero-order chi connectivity index (χ0) is 16.2. The maximum atomic E-state index is 12.4. The molecule has 23 heavy (non-hydrogen) atoms. The van der Waals surface area contributed by atoms with E-state index in [4.69, 9.17) is 4.74 Å². The van der Waals surface area contributed by atoms with Gasteiger partial charge in [0.25, 0.3) is 5.56 Å². The predicted octanol–water partition coefficient (Wildman–Crippen LogP) is 3.30. The lowest BCUT2D eigenvalue weighted by Gasteiger charge is -2.09. The molecule has 0 aromatic carbocycles. The van der Waals surface area contributed by atoms with E-state index in [1.807, 2.05) is 6.92 Å². The minimum Gasteiger partial charge on any atom is -0.466 e. The van der Waals surface area contributed by atoms with Crippen LogP contribution in [-0.2, 0) is 22.4 Å². The van der Waals surface area contributed by atoms with E-state index in [9.17, 15) is 9.59 Å². The largest absolute Gasteiger partial charge is 0.466 e. The molecule has 0 bridgehead atoms. The van der Waals surface area contributed by atoms with Gasteiger partial charge in [-0.3, -0.25) is 9.59 Å². The summed E-state index contributed by atoms with van der Waals surface area (Å²) in [5, 5.41) is 1.36. The smallest absolute Gasteiger partial charge is 0.306 e. The third-order valence-corrected chi connectivity index (χ3v) is 5.88. The summed E-state index contributed by atoms with van der Waals surface area (Å²) >= 11 is 3.04. The van der Waals surface area contributed by atoms with Gasteiger partial charge < -0.3 is 9.72 Å². The predicted molar refractivity (Wildman–Crippen MR) is 93.5 cm³/mol. The molecule has 1 N–H and O–H groups in total. The Bertz CT molecular complexity index is 767. The van der Waals surface area contributed by atoms with Crippen molar-refractivity contribution in [1.29, 1.82) is 0 Å². The molecule has 0 amide bonds. The Morgan fingerprint density at radius 3 is 3.04 bits per heavy atom. The molecule has 2 aromatic rings. The van der Waals surface area contributed by atoms with Crippen molar-refractivity contribution in [3.05, 3.63) is 20.8 Å². The molecule has 0 unspecified atom stereocenters. The van der Waals surface area contributed by atoms with Crippen LogP contribution in [0.4, 0.5) is 0 Å². The number of H-pyrrole nitrogens is 1. The van der Waals surface area contributed by atoms with E-state index in [2.05, 4.69) is 9.97 Å². The number of aromatic nitrogens is 2. The highest BCUT2D eigenvalue weighted by molar-refractivity contribution is 7.99. The van der Waals surface area contributed by atoms with Gasteiger partial charge in [-0.1, -0.05) is 18.7 Å². The lowest BCUT2D eigenvalue weighted by atomic mass is 9.97. The van der Waals surface area contributed by atoms with Crippen LogP contribution in [0.3, 0.4) is 0 Å². The van der Waals surface area contributed by atoms with E-state index in [1.54, 1.807) is 11.3 Å². The molecule has 124 valence electrons. The van der Waals surface area contributed by atoms with Crippen LogP contribution in [0.15, 0.2) is 9.95 Å². The number of fused-ring (bicyclic) bond motifs is 3. The van der Waals surface area contributed by atoms with Crippen LogP contribution in [-0.4, -0.2) is 28.3 Å². The molecule has 0 spiro atoms. The summed E-state index contributed by atoms with van der Waals surface area (Å²) < 4.78 is 5.04. The van der Waals surface area contributed by atoms with E-state index in [0.717, 1.165) is 35.9 Å². The van der Waals surface area contributed by atoms with Gasteiger partial charge in [-0.25, -0.2) is 4.98 Å². The van der Waals surface area contributed by atoms with Crippen molar-refractivity contribution in [3.63, 3.8) is 0 Å². The molecule has 0 aliphatic heterocycles. The Labute approximate surface area is 142 Å². The molecule has 7 heteroatoms. The summed E-state index contributed by atoms with van der Waals surface area (Å²) in [7, 11) is 0. The van der Waals surface area contributed by atoms with Crippen molar-refractivity contribution < 1.29 is 9.53 Å². The first kappa shape index (κ1) is 16.5. The van der Waals surface area contributed by atoms with E-state index < -0.39 is 0 Å². The van der Waals surface area contributed by atoms with Crippen molar-refractivity contribution in [3.8, 4) is 0 Å². The SMILES string of the molecule is CCCOC(=O)CCSc1nc2sc3c(c2c(=O)[nH]1)CCCC3. The molecule has 1 aliphatic rings. The number of esters is 1. The molecule has 0 radical (unpaired) electrons. The van der Waals surface area contributed by atoms with E-state index in [-0.39, 0.29) is 11.5 Å². The first-order valence-corrected chi connectivity index (χ1v) is 9.82. The Hall–Kier alpha value is -1.34. The maximum absolute atomic E-state index is 12.4. The molecular formula is C16H20N2O3S2. The molecule has 0 saturated heterocycles. The van der Waals surface area contributed by atoms with Crippen molar-refractivity contribution in [2.75, 3.05) is 12.4 Å².